The number of thiophene rings is 1. The van der Waals surface area contributed by atoms with Crippen molar-refractivity contribution in [3.8, 4) is 51.0 Å². The summed E-state index contributed by atoms with van der Waals surface area (Å²) in [5.74, 6) is 2.03. The first-order chi connectivity index (χ1) is 26.5. The molecule has 10 aromatic rings. The maximum absolute atomic E-state index is 5.15. The van der Waals surface area contributed by atoms with Crippen LogP contribution in [0.5, 0.6) is 0 Å². The van der Waals surface area contributed by atoms with E-state index in [0.717, 1.165) is 27.6 Å². The van der Waals surface area contributed by atoms with Gasteiger partial charge in [0.05, 0.1) is 11.0 Å². The highest BCUT2D eigenvalue weighted by Crippen LogP contribution is 2.41. The molecule has 0 atom stereocenters. The highest BCUT2D eigenvalue weighted by molar-refractivity contribution is 7.26. The number of aromatic nitrogens is 4. The van der Waals surface area contributed by atoms with Gasteiger partial charge in [0.15, 0.2) is 17.5 Å². The van der Waals surface area contributed by atoms with Crippen LogP contribution in [-0.4, -0.2) is 50.9 Å². The molecule has 0 spiro atoms. The topological polar surface area (TPSA) is 43.6 Å². The minimum Gasteiger partial charge on any atom is -0.310 e. The monoisotopic (exact) mass is 704 g/mol. The lowest BCUT2D eigenvalue weighted by atomic mass is 9.65. The van der Waals surface area contributed by atoms with Gasteiger partial charge in [0.1, 0.15) is 31.4 Å². The van der Waals surface area contributed by atoms with Crippen molar-refractivity contribution < 1.29 is 0 Å². The molecule has 0 aliphatic heterocycles. The molecule has 0 bridgehead atoms. The molecular formula is C45H32B4N4S. The third-order valence-corrected chi connectivity index (χ3v) is 12.3. The van der Waals surface area contributed by atoms with E-state index in [-0.39, 0.29) is 0 Å². The molecule has 0 saturated heterocycles. The van der Waals surface area contributed by atoms with Gasteiger partial charge in [-0.15, -0.1) is 11.3 Å². The third-order valence-electron chi connectivity index (χ3n) is 11.1. The van der Waals surface area contributed by atoms with Crippen LogP contribution in [0.2, 0.25) is 0 Å². The zero-order valence-corrected chi connectivity index (χ0v) is 31.4. The molecule has 7 aromatic carbocycles. The summed E-state index contributed by atoms with van der Waals surface area (Å²) in [5, 5.41) is 5.12. The predicted molar refractivity (Wildman–Crippen MR) is 242 cm³/mol. The molecule has 4 nitrogen and oxygen atoms in total. The summed E-state index contributed by atoms with van der Waals surface area (Å²) in [6.45, 7) is 0. The number of hydrogen-bond donors (Lipinski definition) is 0. The fourth-order valence-electron chi connectivity index (χ4n) is 8.24. The number of para-hydroxylation sites is 1. The van der Waals surface area contributed by atoms with Crippen LogP contribution in [0.25, 0.3) is 93.0 Å². The highest BCUT2D eigenvalue weighted by Gasteiger charge is 2.23. The number of hydrogen-bond acceptors (Lipinski definition) is 4. The molecule has 54 heavy (non-hydrogen) atoms. The molecule has 10 rings (SSSR count). The summed E-state index contributed by atoms with van der Waals surface area (Å²) in [5.41, 5.74) is 13.8. The van der Waals surface area contributed by atoms with E-state index in [2.05, 4.69) is 145 Å². The summed E-state index contributed by atoms with van der Waals surface area (Å²) < 4.78 is 5.13. The Kier molecular flexibility index (Phi) is 7.67. The maximum Gasteiger partial charge on any atom is 0.164 e. The van der Waals surface area contributed by atoms with Crippen molar-refractivity contribution in [3.63, 3.8) is 0 Å². The minimum absolute atomic E-state index is 0.668. The largest absolute Gasteiger partial charge is 0.310 e. The lowest BCUT2D eigenvalue weighted by Crippen LogP contribution is -2.46. The molecule has 0 aliphatic rings. The van der Waals surface area contributed by atoms with Gasteiger partial charge in [-0.25, -0.2) is 15.0 Å². The molecule has 250 valence electrons. The first-order valence-electron chi connectivity index (χ1n) is 18.4. The van der Waals surface area contributed by atoms with E-state index in [9.17, 15) is 0 Å². The summed E-state index contributed by atoms with van der Waals surface area (Å²) in [6, 6.07) is 51.7. The number of rotatable bonds is 5. The molecule has 3 aromatic heterocycles. The molecule has 0 radical (unpaired) electrons. The summed E-state index contributed by atoms with van der Waals surface area (Å²) >= 11 is 1.88. The molecule has 0 fully saturated rings. The Morgan fingerprint density at radius 1 is 0.426 bits per heavy atom. The molecular weight excluding hydrogens is 672 g/mol. The molecule has 0 N–H and O–H groups in total. The van der Waals surface area contributed by atoms with E-state index in [0.29, 0.717) is 17.5 Å². The quantitative estimate of drug-likeness (QED) is 0.236. The fraction of sp³-hybridized carbons (Fsp3) is 0. The Bertz CT molecular complexity index is 3020. The van der Waals surface area contributed by atoms with Crippen LogP contribution in [-0.2, 0) is 0 Å². The first-order valence-corrected chi connectivity index (χ1v) is 19.2. The van der Waals surface area contributed by atoms with Crippen molar-refractivity contribution in [2.45, 2.75) is 0 Å². The zero-order valence-electron chi connectivity index (χ0n) is 30.6. The van der Waals surface area contributed by atoms with Crippen molar-refractivity contribution >= 4 is 107 Å². The van der Waals surface area contributed by atoms with Crippen LogP contribution in [0.1, 0.15) is 0 Å². The molecule has 0 aliphatic carbocycles. The van der Waals surface area contributed by atoms with Crippen LogP contribution in [0.3, 0.4) is 0 Å². The summed E-state index contributed by atoms with van der Waals surface area (Å²) in [4.78, 5) is 15.3. The van der Waals surface area contributed by atoms with Gasteiger partial charge in [0.25, 0.3) is 0 Å². The predicted octanol–water partition coefficient (Wildman–Crippen LogP) is 5.04. The van der Waals surface area contributed by atoms with Gasteiger partial charge in [-0.2, -0.15) is 0 Å². The Balaban J connectivity index is 1.21. The summed E-state index contributed by atoms with van der Waals surface area (Å²) in [6.07, 6.45) is 0. The molecule has 0 saturated carbocycles. The Morgan fingerprint density at radius 3 is 1.67 bits per heavy atom. The zero-order chi connectivity index (χ0) is 36.5. The Morgan fingerprint density at radius 2 is 0.981 bits per heavy atom. The van der Waals surface area contributed by atoms with E-state index < -0.39 is 0 Å². The second-order valence-electron chi connectivity index (χ2n) is 14.1. The van der Waals surface area contributed by atoms with Crippen LogP contribution in [0.15, 0.2) is 146 Å². The lowest BCUT2D eigenvalue weighted by molar-refractivity contribution is 1.08. The molecule has 0 amide bonds. The Hall–Kier alpha value is -6.17. The average Bonchev–Trinajstić information content (AvgIpc) is 3.76. The molecule has 3 heterocycles. The van der Waals surface area contributed by atoms with Crippen LogP contribution < -0.4 is 21.9 Å². The number of fused-ring (bicyclic) bond motifs is 6. The molecule has 0 unspecified atom stereocenters. The highest BCUT2D eigenvalue weighted by atomic mass is 32.1. The van der Waals surface area contributed by atoms with Crippen LogP contribution in [0, 0.1) is 0 Å². The van der Waals surface area contributed by atoms with E-state index in [1.54, 1.807) is 0 Å². The maximum atomic E-state index is 5.15. The van der Waals surface area contributed by atoms with Gasteiger partial charge < -0.3 is 4.57 Å². The second kappa shape index (κ2) is 12.8. The third kappa shape index (κ3) is 5.07. The van der Waals surface area contributed by atoms with E-state index >= 15 is 0 Å². The fourth-order valence-corrected chi connectivity index (χ4v) is 9.48. The van der Waals surface area contributed by atoms with Crippen LogP contribution >= 0.6 is 11.3 Å². The van der Waals surface area contributed by atoms with Crippen molar-refractivity contribution in [3.05, 3.63) is 146 Å². The van der Waals surface area contributed by atoms with Gasteiger partial charge in [-0.05, 0) is 29.3 Å². The van der Waals surface area contributed by atoms with Gasteiger partial charge >= 0.3 is 0 Å². The van der Waals surface area contributed by atoms with Crippen molar-refractivity contribution in [2.75, 3.05) is 0 Å². The van der Waals surface area contributed by atoms with Crippen LogP contribution in [0.4, 0.5) is 0 Å². The smallest absolute Gasteiger partial charge is 0.164 e. The first kappa shape index (κ1) is 32.5. The SMILES string of the molecule is Bc1c(B)c(-n2c3ccccc3c3ccc(-c4cccc5c4sc4ccccc45)cc32)c(B)c(B)c1-c1nc(-c2ccccc2)nc(-c2ccccc2)n1. The Labute approximate surface area is 321 Å². The van der Waals surface area contributed by atoms with E-state index in [1.807, 2.05) is 47.7 Å². The number of benzene rings is 7. The van der Waals surface area contributed by atoms with Crippen molar-refractivity contribution in [1.82, 2.24) is 19.5 Å². The lowest BCUT2D eigenvalue weighted by Gasteiger charge is -2.23. The molecule has 9 heteroatoms. The number of nitrogens with zero attached hydrogens (tertiary/aromatic N) is 4. The summed E-state index contributed by atoms with van der Waals surface area (Å²) in [7, 11) is 8.94. The second-order valence-corrected chi connectivity index (χ2v) is 15.2. The standard InChI is InChI=1S/C45H32B4N4S/c46-37-36(45-51-43(25-12-3-1-4-13-25)50-44(52-45)26-14-5-2-6-15-26)38(47)40(49)41(39(37)48)53-33-20-9-7-16-29(33)30-23-22-27(24-34(30)53)28-18-11-19-32-31-17-8-10-21-35(31)54-42(28)32/h1-24H,46-49H2. The normalized spacial score (nSPS) is 11.6. The van der Waals surface area contributed by atoms with Gasteiger partial charge in [0.2, 0.25) is 0 Å². The van der Waals surface area contributed by atoms with Gasteiger partial charge in [-0.3, -0.25) is 0 Å². The van der Waals surface area contributed by atoms with E-state index in [1.165, 1.54) is 69.7 Å². The van der Waals surface area contributed by atoms with Gasteiger partial charge in [0, 0.05) is 53.3 Å². The van der Waals surface area contributed by atoms with Crippen molar-refractivity contribution in [2.24, 2.45) is 0 Å². The minimum atomic E-state index is 0.668. The van der Waals surface area contributed by atoms with Crippen molar-refractivity contribution in [1.29, 1.82) is 0 Å². The average molecular weight is 704 g/mol. The van der Waals surface area contributed by atoms with Gasteiger partial charge in [-0.1, -0.05) is 149 Å². The van der Waals surface area contributed by atoms with E-state index in [4.69, 9.17) is 15.0 Å².